The molecule has 172 valence electrons. The second-order valence-corrected chi connectivity index (χ2v) is 8.61. The highest BCUT2D eigenvalue weighted by Gasteiger charge is 2.17. The van der Waals surface area contributed by atoms with Crippen molar-refractivity contribution in [2.75, 3.05) is 46.7 Å². The van der Waals surface area contributed by atoms with Gasteiger partial charge in [-0.2, -0.15) is 0 Å². The van der Waals surface area contributed by atoms with E-state index in [4.69, 9.17) is 14.2 Å². The topological polar surface area (TPSA) is 110 Å². The summed E-state index contributed by atoms with van der Waals surface area (Å²) in [4.78, 5) is 4.13. The maximum atomic E-state index is 12.2. The van der Waals surface area contributed by atoms with Crippen molar-refractivity contribution in [3.63, 3.8) is 0 Å². The summed E-state index contributed by atoms with van der Waals surface area (Å²) in [5.74, 6) is 1.87. The van der Waals surface area contributed by atoms with Crippen LogP contribution in [0.3, 0.4) is 0 Å². The molecule has 1 unspecified atom stereocenters. The Morgan fingerprint density at radius 3 is 2.67 bits per heavy atom. The Morgan fingerprint density at radius 2 is 2.03 bits per heavy atom. The lowest BCUT2D eigenvalue weighted by atomic mass is 10.1. The lowest BCUT2D eigenvalue weighted by Gasteiger charge is -2.22. The van der Waals surface area contributed by atoms with Gasteiger partial charge in [-0.15, -0.1) is 24.0 Å². The van der Waals surface area contributed by atoms with Crippen LogP contribution in [0.5, 0.6) is 11.5 Å². The molecule has 1 aromatic rings. The number of hydrogen-bond donors (Lipinski definition) is 3. The summed E-state index contributed by atoms with van der Waals surface area (Å²) >= 11 is 0. The maximum Gasteiger partial charge on any atom is 0.213 e. The lowest BCUT2D eigenvalue weighted by molar-refractivity contribution is 0.0200. The van der Waals surface area contributed by atoms with Crippen molar-refractivity contribution in [1.82, 2.24) is 15.4 Å². The molecule has 0 radical (unpaired) electrons. The summed E-state index contributed by atoms with van der Waals surface area (Å²) < 4.78 is 43.1. The Kier molecular flexibility index (Phi) is 12.4. The molecule has 0 aromatic heterocycles. The minimum Gasteiger partial charge on any atom is -0.497 e. The minimum absolute atomic E-state index is 0. The number of aliphatic imine (C=N–C) groups is 1. The fourth-order valence-electron chi connectivity index (χ4n) is 2.96. The second kappa shape index (κ2) is 13.9. The first-order valence-electron chi connectivity index (χ1n) is 9.71. The molecule has 1 heterocycles. The Bertz CT molecular complexity index is 770. The standard InChI is InChI=1S/C19H32N4O5S.HI/c1-20-19(22-13-15-7-8-16(26-2)12-18(15)27-3)21-9-11-29(24,25)23-14-17-6-4-5-10-28-17;/h7-8,12,17,23H,4-6,9-11,13-14H2,1-3H3,(H2,20,21,22);1H. The molecule has 0 spiro atoms. The Labute approximate surface area is 196 Å². The predicted molar refractivity (Wildman–Crippen MR) is 129 cm³/mol. The fraction of sp³-hybridized carbons (Fsp3) is 0.632. The summed E-state index contributed by atoms with van der Waals surface area (Å²) in [5.41, 5.74) is 0.929. The van der Waals surface area contributed by atoms with Crippen LogP contribution in [0.15, 0.2) is 23.2 Å². The van der Waals surface area contributed by atoms with Crippen molar-refractivity contribution in [1.29, 1.82) is 0 Å². The van der Waals surface area contributed by atoms with Crippen molar-refractivity contribution < 1.29 is 22.6 Å². The van der Waals surface area contributed by atoms with E-state index in [1.54, 1.807) is 21.3 Å². The molecule has 1 fully saturated rings. The average Bonchev–Trinajstić information content (AvgIpc) is 2.75. The van der Waals surface area contributed by atoms with E-state index in [1.165, 1.54) is 0 Å². The Hall–Kier alpha value is -1.31. The number of halogens is 1. The molecule has 1 saturated heterocycles. The normalized spacial score (nSPS) is 17.0. The number of guanidine groups is 1. The molecule has 9 nitrogen and oxygen atoms in total. The summed E-state index contributed by atoms with van der Waals surface area (Å²) in [6.07, 6.45) is 2.99. The van der Waals surface area contributed by atoms with Crippen LogP contribution in [0.1, 0.15) is 24.8 Å². The van der Waals surface area contributed by atoms with Gasteiger partial charge in [0.15, 0.2) is 5.96 Å². The quantitative estimate of drug-likeness (QED) is 0.228. The van der Waals surface area contributed by atoms with Crippen molar-refractivity contribution in [2.45, 2.75) is 31.9 Å². The van der Waals surface area contributed by atoms with E-state index in [0.717, 1.165) is 24.8 Å². The van der Waals surface area contributed by atoms with Gasteiger partial charge in [0.25, 0.3) is 0 Å². The number of nitrogens with zero attached hydrogens (tertiary/aromatic N) is 1. The van der Waals surface area contributed by atoms with Gasteiger partial charge < -0.3 is 24.8 Å². The third-order valence-corrected chi connectivity index (χ3v) is 5.98. The number of benzene rings is 1. The molecule has 1 atom stereocenters. The molecule has 0 bridgehead atoms. The molecule has 1 aromatic carbocycles. The largest absolute Gasteiger partial charge is 0.497 e. The van der Waals surface area contributed by atoms with Crippen LogP contribution in [0.4, 0.5) is 0 Å². The van der Waals surface area contributed by atoms with Gasteiger partial charge in [0.2, 0.25) is 10.0 Å². The zero-order valence-corrected chi connectivity index (χ0v) is 20.9. The third-order valence-electron chi connectivity index (χ3n) is 4.63. The molecule has 11 heteroatoms. The van der Waals surface area contributed by atoms with Crippen LogP contribution in [-0.2, 0) is 21.3 Å². The van der Waals surface area contributed by atoms with Crippen molar-refractivity contribution in [3.05, 3.63) is 23.8 Å². The van der Waals surface area contributed by atoms with E-state index in [2.05, 4.69) is 20.3 Å². The summed E-state index contributed by atoms with van der Waals surface area (Å²) in [7, 11) is 1.45. The van der Waals surface area contributed by atoms with Crippen LogP contribution in [-0.4, -0.2) is 67.2 Å². The minimum atomic E-state index is -3.38. The van der Waals surface area contributed by atoms with Crippen LogP contribution in [0, 0.1) is 0 Å². The van der Waals surface area contributed by atoms with Gasteiger partial charge in [-0.25, -0.2) is 13.1 Å². The number of nitrogens with one attached hydrogen (secondary N) is 3. The van der Waals surface area contributed by atoms with Gasteiger partial charge in [0, 0.05) is 44.9 Å². The van der Waals surface area contributed by atoms with Crippen molar-refractivity contribution in [3.8, 4) is 11.5 Å². The van der Waals surface area contributed by atoms with Gasteiger partial charge >= 0.3 is 0 Å². The van der Waals surface area contributed by atoms with Crippen molar-refractivity contribution in [2.24, 2.45) is 4.99 Å². The molecule has 1 aliphatic rings. The van der Waals surface area contributed by atoms with Crippen LogP contribution >= 0.6 is 24.0 Å². The van der Waals surface area contributed by atoms with Gasteiger partial charge in [-0.1, -0.05) is 0 Å². The van der Waals surface area contributed by atoms with Crippen LogP contribution in [0.2, 0.25) is 0 Å². The molecular formula is C19H33IN4O5S. The number of rotatable bonds is 10. The first kappa shape index (κ1) is 26.7. The lowest BCUT2D eigenvalue weighted by Crippen LogP contribution is -2.42. The first-order valence-corrected chi connectivity index (χ1v) is 11.4. The molecule has 0 amide bonds. The van der Waals surface area contributed by atoms with Crippen LogP contribution < -0.4 is 24.8 Å². The second-order valence-electron chi connectivity index (χ2n) is 6.69. The van der Waals surface area contributed by atoms with Gasteiger partial charge in [-0.05, 0) is 31.4 Å². The van der Waals surface area contributed by atoms with E-state index in [9.17, 15) is 8.42 Å². The Morgan fingerprint density at radius 1 is 1.23 bits per heavy atom. The zero-order valence-electron chi connectivity index (χ0n) is 17.8. The number of ether oxygens (including phenoxy) is 3. The Balaban J connectivity index is 0.00000450. The highest BCUT2D eigenvalue weighted by molar-refractivity contribution is 14.0. The van der Waals surface area contributed by atoms with Gasteiger partial charge in [0.05, 0.1) is 26.1 Å². The maximum absolute atomic E-state index is 12.2. The van der Waals surface area contributed by atoms with Gasteiger partial charge in [0.1, 0.15) is 11.5 Å². The molecule has 0 saturated carbocycles. The highest BCUT2D eigenvalue weighted by atomic mass is 127. The smallest absolute Gasteiger partial charge is 0.213 e. The fourth-order valence-corrected chi connectivity index (χ4v) is 3.92. The van der Waals surface area contributed by atoms with E-state index in [-0.39, 0.29) is 42.4 Å². The number of hydrogen-bond acceptors (Lipinski definition) is 6. The van der Waals surface area contributed by atoms with E-state index in [1.807, 2.05) is 18.2 Å². The van der Waals surface area contributed by atoms with Crippen molar-refractivity contribution >= 4 is 40.0 Å². The monoisotopic (exact) mass is 556 g/mol. The number of methoxy groups -OCH3 is 2. The first-order chi connectivity index (χ1) is 14.0. The molecule has 1 aliphatic heterocycles. The van der Waals surface area contributed by atoms with Gasteiger partial charge in [-0.3, -0.25) is 4.99 Å². The predicted octanol–water partition coefficient (Wildman–Crippen LogP) is 1.48. The molecule has 2 rings (SSSR count). The molecule has 3 N–H and O–H groups in total. The molecular weight excluding hydrogens is 523 g/mol. The zero-order chi connectivity index (χ0) is 21.1. The summed E-state index contributed by atoms with van der Waals surface area (Å²) in [5, 5.41) is 6.17. The van der Waals surface area contributed by atoms with E-state index < -0.39 is 10.0 Å². The van der Waals surface area contributed by atoms with Crippen LogP contribution in [0.25, 0.3) is 0 Å². The van der Waals surface area contributed by atoms with E-state index in [0.29, 0.717) is 37.2 Å². The highest BCUT2D eigenvalue weighted by Crippen LogP contribution is 2.24. The average molecular weight is 556 g/mol. The molecule has 0 aliphatic carbocycles. The number of sulfonamides is 1. The third kappa shape index (κ3) is 9.23. The summed E-state index contributed by atoms with van der Waals surface area (Å²) in [6.45, 7) is 1.73. The SMILES string of the molecule is CN=C(NCCS(=O)(=O)NCC1CCCCO1)NCc1ccc(OC)cc1OC.I. The summed E-state index contributed by atoms with van der Waals surface area (Å²) in [6, 6.07) is 5.56. The van der Waals surface area contributed by atoms with E-state index >= 15 is 0 Å². The molecule has 30 heavy (non-hydrogen) atoms.